The highest BCUT2D eigenvalue weighted by Gasteiger charge is 2.07. The van der Waals surface area contributed by atoms with Crippen molar-refractivity contribution >= 4 is 5.91 Å². The van der Waals surface area contributed by atoms with Gasteiger partial charge in [-0.3, -0.25) is 4.79 Å². The average Bonchev–Trinajstić information content (AvgIpc) is 2.91. The van der Waals surface area contributed by atoms with Gasteiger partial charge in [0.25, 0.3) is 5.91 Å². The normalized spacial score (nSPS) is 9.81. The smallest absolute Gasteiger partial charge is 0.269 e. The molecular formula is C14H15N5O2. The molecule has 7 heteroatoms. The van der Waals surface area contributed by atoms with Crippen molar-refractivity contribution in [2.45, 2.75) is 13.3 Å². The number of carbonyl (C=O) groups is 1. The van der Waals surface area contributed by atoms with E-state index in [1.54, 1.807) is 25.3 Å². The molecular weight excluding hydrogens is 270 g/mol. The molecule has 7 nitrogen and oxygen atoms in total. The van der Waals surface area contributed by atoms with Gasteiger partial charge in [-0.2, -0.15) is 4.98 Å². The first-order valence-corrected chi connectivity index (χ1v) is 6.41. The SMILES string of the molecule is Cc1nc(CCNC(=O)c2ccc(C#CCN)cn2)no1. The predicted octanol–water partition coefficient (Wildman–Crippen LogP) is 0.0557. The molecule has 21 heavy (non-hydrogen) atoms. The summed E-state index contributed by atoms with van der Waals surface area (Å²) in [5.74, 6) is 6.38. The summed E-state index contributed by atoms with van der Waals surface area (Å²) in [6, 6.07) is 3.35. The Morgan fingerprint density at radius 2 is 2.33 bits per heavy atom. The molecule has 0 atom stereocenters. The monoisotopic (exact) mass is 285 g/mol. The standard InChI is InChI=1S/C14H15N5O2/c1-10-18-13(19-21-10)6-8-16-14(20)12-5-4-11(9-17-12)3-2-7-15/h4-5,9H,6-8,15H2,1H3,(H,16,20). The summed E-state index contributed by atoms with van der Waals surface area (Å²) in [5, 5.41) is 6.49. The first kappa shape index (κ1) is 14.7. The van der Waals surface area contributed by atoms with E-state index in [9.17, 15) is 4.79 Å². The van der Waals surface area contributed by atoms with Gasteiger partial charge in [0.05, 0.1) is 6.54 Å². The van der Waals surface area contributed by atoms with Crippen LogP contribution in [0.25, 0.3) is 0 Å². The number of pyridine rings is 1. The van der Waals surface area contributed by atoms with E-state index in [0.717, 1.165) is 5.56 Å². The van der Waals surface area contributed by atoms with Crippen LogP contribution in [0.2, 0.25) is 0 Å². The number of nitrogens with one attached hydrogen (secondary N) is 1. The van der Waals surface area contributed by atoms with Crippen molar-refractivity contribution in [2.24, 2.45) is 5.73 Å². The van der Waals surface area contributed by atoms with Crippen molar-refractivity contribution < 1.29 is 9.32 Å². The number of nitrogens with zero attached hydrogens (tertiary/aromatic N) is 3. The fourth-order valence-electron chi connectivity index (χ4n) is 1.58. The first-order chi connectivity index (χ1) is 10.2. The lowest BCUT2D eigenvalue weighted by Crippen LogP contribution is -2.26. The van der Waals surface area contributed by atoms with Crippen molar-refractivity contribution in [1.82, 2.24) is 20.4 Å². The lowest BCUT2D eigenvalue weighted by molar-refractivity contribution is 0.0949. The molecule has 0 unspecified atom stereocenters. The average molecular weight is 285 g/mol. The molecule has 2 aromatic heterocycles. The maximum Gasteiger partial charge on any atom is 0.269 e. The van der Waals surface area contributed by atoms with E-state index in [4.69, 9.17) is 10.3 Å². The lowest BCUT2D eigenvalue weighted by Gasteiger charge is -2.02. The van der Waals surface area contributed by atoms with Crippen LogP contribution in [0.4, 0.5) is 0 Å². The van der Waals surface area contributed by atoms with Gasteiger partial charge < -0.3 is 15.6 Å². The van der Waals surface area contributed by atoms with Crippen LogP contribution in [0.1, 0.15) is 27.8 Å². The second kappa shape index (κ2) is 7.17. The third kappa shape index (κ3) is 4.40. The third-order valence-corrected chi connectivity index (χ3v) is 2.53. The first-order valence-electron chi connectivity index (χ1n) is 6.41. The summed E-state index contributed by atoms with van der Waals surface area (Å²) in [5.41, 5.74) is 6.34. The molecule has 3 N–H and O–H groups in total. The molecule has 0 fully saturated rings. The number of hydrogen-bond donors (Lipinski definition) is 2. The quantitative estimate of drug-likeness (QED) is 0.769. The van der Waals surface area contributed by atoms with Gasteiger partial charge >= 0.3 is 0 Å². The zero-order valence-electron chi connectivity index (χ0n) is 11.6. The highest BCUT2D eigenvalue weighted by atomic mass is 16.5. The van der Waals surface area contributed by atoms with E-state index in [1.807, 2.05) is 0 Å². The molecule has 108 valence electrons. The molecule has 0 bridgehead atoms. The summed E-state index contributed by atoms with van der Waals surface area (Å²) in [6.07, 6.45) is 2.04. The van der Waals surface area contributed by atoms with Crippen LogP contribution < -0.4 is 11.1 Å². The van der Waals surface area contributed by atoms with Crippen molar-refractivity contribution in [3.8, 4) is 11.8 Å². The van der Waals surface area contributed by atoms with E-state index in [2.05, 4.69) is 32.3 Å². The fourth-order valence-corrected chi connectivity index (χ4v) is 1.58. The molecule has 0 aromatic carbocycles. The zero-order valence-corrected chi connectivity index (χ0v) is 11.6. The van der Waals surface area contributed by atoms with Crippen molar-refractivity contribution in [3.05, 3.63) is 41.3 Å². The minimum Gasteiger partial charge on any atom is -0.350 e. The second-order valence-corrected chi connectivity index (χ2v) is 4.17. The topological polar surface area (TPSA) is 107 Å². The number of amides is 1. The van der Waals surface area contributed by atoms with Gasteiger partial charge in [-0.15, -0.1) is 0 Å². The molecule has 0 saturated heterocycles. The number of nitrogens with two attached hydrogens (primary N) is 1. The molecule has 0 saturated carbocycles. The van der Waals surface area contributed by atoms with Crippen LogP contribution in [0.5, 0.6) is 0 Å². The minimum atomic E-state index is -0.256. The van der Waals surface area contributed by atoms with E-state index < -0.39 is 0 Å². The molecule has 2 rings (SSSR count). The Hall–Kier alpha value is -2.72. The van der Waals surface area contributed by atoms with E-state index in [1.165, 1.54) is 0 Å². The Bertz CT molecular complexity index is 667. The second-order valence-electron chi connectivity index (χ2n) is 4.17. The van der Waals surface area contributed by atoms with Gasteiger partial charge in [0.2, 0.25) is 5.89 Å². The van der Waals surface area contributed by atoms with Crippen LogP contribution in [0.3, 0.4) is 0 Å². The number of carbonyl (C=O) groups excluding carboxylic acids is 1. The van der Waals surface area contributed by atoms with Crippen LogP contribution >= 0.6 is 0 Å². The molecule has 0 aliphatic rings. The zero-order chi connectivity index (χ0) is 15.1. The van der Waals surface area contributed by atoms with Gasteiger partial charge in [0.1, 0.15) is 5.69 Å². The minimum absolute atomic E-state index is 0.256. The van der Waals surface area contributed by atoms with Crippen molar-refractivity contribution in [2.75, 3.05) is 13.1 Å². The largest absolute Gasteiger partial charge is 0.350 e. The van der Waals surface area contributed by atoms with Crippen LogP contribution in [0, 0.1) is 18.8 Å². The number of aromatic nitrogens is 3. The summed E-state index contributed by atoms with van der Waals surface area (Å²) in [4.78, 5) is 20.0. The van der Waals surface area contributed by atoms with Gasteiger partial charge in [-0.1, -0.05) is 17.0 Å². The molecule has 1 amide bonds. The van der Waals surface area contributed by atoms with Crippen molar-refractivity contribution in [1.29, 1.82) is 0 Å². The third-order valence-electron chi connectivity index (χ3n) is 2.53. The fraction of sp³-hybridized carbons (Fsp3) is 0.286. The van der Waals surface area contributed by atoms with Gasteiger partial charge in [-0.25, -0.2) is 4.98 Å². The van der Waals surface area contributed by atoms with Gasteiger partial charge in [-0.05, 0) is 12.1 Å². The highest BCUT2D eigenvalue weighted by Crippen LogP contribution is 1.99. The Balaban J connectivity index is 1.85. The van der Waals surface area contributed by atoms with E-state index >= 15 is 0 Å². The van der Waals surface area contributed by atoms with Gasteiger partial charge in [0.15, 0.2) is 5.82 Å². The maximum absolute atomic E-state index is 11.9. The maximum atomic E-state index is 11.9. The predicted molar refractivity (Wildman–Crippen MR) is 75.2 cm³/mol. The van der Waals surface area contributed by atoms with E-state index in [0.29, 0.717) is 30.4 Å². The highest BCUT2D eigenvalue weighted by molar-refractivity contribution is 5.92. The Kier molecular flexibility index (Phi) is 5.01. The number of rotatable bonds is 4. The van der Waals surface area contributed by atoms with Crippen LogP contribution in [0.15, 0.2) is 22.9 Å². The summed E-state index contributed by atoms with van der Waals surface area (Å²) >= 11 is 0. The van der Waals surface area contributed by atoms with Gasteiger partial charge in [0, 0.05) is 31.6 Å². The Morgan fingerprint density at radius 3 is 2.95 bits per heavy atom. The molecule has 0 aliphatic heterocycles. The molecule has 2 aromatic rings. The molecule has 2 heterocycles. The Labute approximate surface area is 121 Å². The lowest BCUT2D eigenvalue weighted by atomic mass is 10.2. The van der Waals surface area contributed by atoms with Crippen LogP contribution in [-0.4, -0.2) is 34.1 Å². The summed E-state index contributed by atoms with van der Waals surface area (Å²) in [7, 11) is 0. The molecule has 0 radical (unpaired) electrons. The summed E-state index contributed by atoms with van der Waals surface area (Å²) < 4.78 is 4.84. The molecule has 0 aliphatic carbocycles. The van der Waals surface area contributed by atoms with Crippen LogP contribution in [-0.2, 0) is 6.42 Å². The van der Waals surface area contributed by atoms with Crippen molar-refractivity contribution in [3.63, 3.8) is 0 Å². The Morgan fingerprint density at radius 1 is 1.48 bits per heavy atom. The number of aryl methyl sites for hydroxylation is 1. The number of hydrogen-bond acceptors (Lipinski definition) is 6. The van der Waals surface area contributed by atoms with E-state index in [-0.39, 0.29) is 12.5 Å². The summed E-state index contributed by atoms with van der Waals surface area (Å²) in [6.45, 7) is 2.42. The molecule has 0 spiro atoms.